The van der Waals surface area contributed by atoms with Crippen molar-refractivity contribution in [1.29, 1.82) is 0 Å². The Balaban J connectivity index is 2.12. The fraction of sp³-hybridized carbons (Fsp3) is 1.00. The summed E-state index contributed by atoms with van der Waals surface area (Å²) in [5.41, 5.74) is 0.444. The van der Waals surface area contributed by atoms with Crippen LogP contribution in [0.5, 0.6) is 0 Å². The van der Waals surface area contributed by atoms with E-state index in [0.717, 1.165) is 26.1 Å². The SMILES string of the molecule is CC1(C)COC2(OC1)C(Br)CC(C(C)(C)C)CC2Br. The monoisotopic (exact) mass is 396 g/mol. The molecule has 2 fully saturated rings. The van der Waals surface area contributed by atoms with Crippen molar-refractivity contribution in [2.45, 2.75) is 62.9 Å². The van der Waals surface area contributed by atoms with Crippen molar-refractivity contribution in [1.82, 2.24) is 0 Å². The number of halogens is 2. The second-order valence-corrected chi connectivity index (χ2v) is 10.1. The fourth-order valence-corrected chi connectivity index (χ4v) is 5.31. The second-order valence-electron chi connectivity index (χ2n) is 7.93. The third-order valence-electron chi connectivity index (χ3n) is 4.46. The zero-order chi connectivity index (χ0) is 14.5. The van der Waals surface area contributed by atoms with E-state index in [1.807, 2.05) is 0 Å². The lowest BCUT2D eigenvalue weighted by Gasteiger charge is -2.53. The lowest BCUT2D eigenvalue weighted by Crippen LogP contribution is -2.61. The van der Waals surface area contributed by atoms with E-state index in [-0.39, 0.29) is 15.1 Å². The summed E-state index contributed by atoms with van der Waals surface area (Å²) in [5.74, 6) is 0.186. The van der Waals surface area contributed by atoms with Crippen LogP contribution in [0.4, 0.5) is 0 Å². The summed E-state index contributed by atoms with van der Waals surface area (Å²) in [5, 5.41) is 0. The molecule has 1 saturated heterocycles. The molecule has 1 spiro atoms. The minimum Gasteiger partial charge on any atom is -0.347 e. The molecule has 1 saturated carbocycles. The Labute approximate surface area is 134 Å². The molecule has 2 unspecified atom stereocenters. The van der Waals surface area contributed by atoms with Crippen LogP contribution in [0.3, 0.4) is 0 Å². The summed E-state index contributed by atoms with van der Waals surface area (Å²) in [6.45, 7) is 12.9. The third kappa shape index (κ3) is 3.22. The summed E-state index contributed by atoms with van der Waals surface area (Å²) in [6, 6.07) is 0. The number of hydrogen-bond donors (Lipinski definition) is 0. The molecule has 2 nitrogen and oxygen atoms in total. The van der Waals surface area contributed by atoms with Crippen LogP contribution in [0.2, 0.25) is 0 Å². The van der Waals surface area contributed by atoms with Crippen LogP contribution in [0, 0.1) is 16.7 Å². The molecular weight excluding hydrogens is 372 g/mol. The Morgan fingerprint density at radius 1 is 0.947 bits per heavy atom. The molecule has 2 rings (SSSR count). The topological polar surface area (TPSA) is 18.5 Å². The zero-order valence-corrected chi connectivity index (χ0v) is 15.8. The summed E-state index contributed by atoms with van der Waals surface area (Å²) in [6.07, 6.45) is 2.21. The first-order chi connectivity index (χ1) is 8.57. The van der Waals surface area contributed by atoms with Crippen molar-refractivity contribution in [3.63, 3.8) is 0 Å². The van der Waals surface area contributed by atoms with Gasteiger partial charge in [-0.25, -0.2) is 0 Å². The van der Waals surface area contributed by atoms with Gasteiger partial charge in [0.05, 0.1) is 22.9 Å². The van der Waals surface area contributed by atoms with Gasteiger partial charge in [-0.3, -0.25) is 0 Å². The van der Waals surface area contributed by atoms with Crippen LogP contribution < -0.4 is 0 Å². The molecule has 0 radical (unpaired) electrons. The van der Waals surface area contributed by atoms with E-state index in [4.69, 9.17) is 9.47 Å². The number of ether oxygens (including phenoxy) is 2. The molecule has 0 amide bonds. The Morgan fingerprint density at radius 3 is 1.74 bits per heavy atom. The first-order valence-electron chi connectivity index (χ1n) is 7.13. The summed E-state index contributed by atoms with van der Waals surface area (Å²) >= 11 is 7.68. The zero-order valence-electron chi connectivity index (χ0n) is 12.6. The minimum absolute atomic E-state index is 0.117. The lowest BCUT2D eigenvalue weighted by atomic mass is 9.70. The van der Waals surface area contributed by atoms with Gasteiger partial charge in [-0.15, -0.1) is 0 Å². The van der Waals surface area contributed by atoms with Crippen molar-refractivity contribution < 1.29 is 9.47 Å². The van der Waals surface area contributed by atoms with Gasteiger partial charge in [-0.2, -0.15) is 0 Å². The summed E-state index contributed by atoms with van der Waals surface area (Å²) in [7, 11) is 0. The van der Waals surface area contributed by atoms with Gasteiger partial charge in [0.1, 0.15) is 0 Å². The first-order valence-corrected chi connectivity index (χ1v) is 8.96. The lowest BCUT2D eigenvalue weighted by molar-refractivity contribution is -0.305. The van der Waals surface area contributed by atoms with E-state index in [9.17, 15) is 0 Å². The average Bonchev–Trinajstić information content (AvgIpc) is 2.26. The van der Waals surface area contributed by atoms with E-state index >= 15 is 0 Å². The van der Waals surface area contributed by atoms with Crippen LogP contribution in [0.25, 0.3) is 0 Å². The predicted octanol–water partition coefficient (Wildman–Crippen LogP) is 4.74. The van der Waals surface area contributed by atoms with Crippen molar-refractivity contribution in [3.05, 3.63) is 0 Å². The van der Waals surface area contributed by atoms with Gasteiger partial charge in [-0.05, 0) is 24.2 Å². The first kappa shape index (κ1) is 16.3. The smallest absolute Gasteiger partial charge is 0.193 e. The molecule has 112 valence electrons. The molecule has 0 aromatic heterocycles. The predicted molar refractivity (Wildman–Crippen MR) is 86.0 cm³/mol. The molecule has 0 bridgehead atoms. The number of hydrogen-bond acceptors (Lipinski definition) is 2. The van der Waals surface area contributed by atoms with Crippen LogP contribution in [0.1, 0.15) is 47.5 Å². The molecule has 0 N–H and O–H groups in total. The Hall–Kier alpha value is 0.880. The molecule has 2 atom stereocenters. The van der Waals surface area contributed by atoms with E-state index in [1.165, 1.54) is 0 Å². The maximum absolute atomic E-state index is 6.19. The largest absolute Gasteiger partial charge is 0.347 e. The highest BCUT2D eigenvalue weighted by molar-refractivity contribution is 9.10. The number of alkyl halides is 2. The van der Waals surface area contributed by atoms with Crippen LogP contribution in [0.15, 0.2) is 0 Å². The molecule has 1 heterocycles. The molecule has 2 aliphatic rings. The third-order valence-corrected chi connectivity index (χ3v) is 6.48. The molecule has 0 aromatic carbocycles. The van der Waals surface area contributed by atoms with Gasteiger partial charge < -0.3 is 9.47 Å². The maximum Gasteiger partial charge on any atom is 0.193 e. The Kier molecular flexibility index (Phi) is 4.50. The average molecular weight is 398 g/mol. The van der Waals surface area contributed by atoms with Crippen LogP contribution >= 0.6 is 31.9 Å². The van der Waals surface area contributed by atoms with E-state index in [1.54, 1.807) is 0 Å². The normalized spacial score (nSPS) is 38.4. The van der Waals surface area contributed by atoms with E-state index in [0.29, 0.717) is 11.3 Å². The number of rotatable bonds is 0. The molecule has 19 heavy (non-hydrogen) atoms. The van der Waals surface area contributed by atoms with Crippen molar-refractivity contribution in [2.24, 2.45) is 16.7 Å². The Bertz CT molecular complexity index is 312. The van der Waals surface area contributed by atoms with Gasteiger partial charge >= 0.3 is 0 Å². The van der Waals surface area contributed by atoms with E-state index < -0.39 is 5.79 Å². The van der Waals surface area contributed by atoms with Crippen LogP contribution in [-0.4, -0.2) is 28.7 Å². The van der Waals surface area contributed by atoms with Crippen molar-refractivity contribution in [3.8, 4) is 0 Å². The van der Waals surface area contributed by atoms with Gasteiger partial charge in [0.25, 0.3) is 0 Å². The molecule has 4 heteroatoms. The summed E-state index contributed by atoms with van der Waals surface area (Å²) < 4.78 is 12.4. The second kappa shape index (κ2) is 5.26. The highest BCUT2D eigenvalue weighted by atomic mass is 79.9. The maximum atomic E-state index is 6.19. The quantitative estimate of drug-likeness (QED) is 0.549. The van der Waals surface area contributed by atoms with E-state index in [2.05, 4.69) is 66.5 Å². The Morgan fingerprint density at radius 2 is 1.37 bits per heavy atom. The van der Waals surface area contributed by atoms with Gasteiger partial charge in [-0.1, -0.05) is 66.5 Å². The van der Waals surface area contributed by atoms with Crippen LogP contribution in [-0.2, 0) is 9.47 Å². The standard InChI is InChI=1S/C15H26Br2O2/c1-13(2,3)10-6-11(16)15(12(17)7-10)18-8-14(4,5)9-19-15/h10-12H,6-9H2,1-5H3. The molecule has 1 aliphatic carbocycles. The minimum atomic E-state index is -0.489. The molecular formula is C15H26Br2O2. The fourth-order valence-electron chi connectivity index (χ4n) is 2.89. The van der Waals surface area contributed by atoms with Crippen molar-refractivity contribution in [2.75, 3.05) is 13.2 Å². The highest BCUT2D eigenvalue weighted by Gasteiger charge is 2.55. The van der Waals surface area contributed by atoms with Gasteiger partial charge in [0.2, 0.25) is 0 Å². The van der Waals surface area contributed by atoms with Gasteiger partial charge in [0.15, 0.2) is 5.79 Å². The van der Waals surface area contributed by atoms with Crippen molar-refractivity contribution >= 4 is 31.9 Å². The highest BCUT2D eigenvalue weighted by Crippen LogP contribution is 2.51. The van der Waals surface area contributed by atoms with Gasteiger partial charge in [0, 0.05) is 5.41 Å². The summed E-state index contributed by atoms with van der Waals surface area (Å²) in [4.78, 5) is 0.497. The molecule has 0 aromatic rings. The molecule has 1 aliphatic heterocycles.